The number of amides is 1. The summed E-state index contributed by atoms with van der Waals surface area (Å²) in [7, 11) is 0. The third kappa shape index (κ3) is 3.51. The second-order valence-corrected chi connectivity index (χ2v) is 6.63. The fraction of sp³-hybridized carbons (Fsp3) is 0.500. The Morgan fingerprint density at radius 2 is 2.04 bits per heavy atom. The maximum Gasteiger partial charge on any atom is 0.369 e. The van der Waals surface area contributed by atoms with Gasteiger partial charge in [-0.1, -0.05) is 43.5 Å². The number of benzene rings is 1. The van der Waals surface area contributed by atoms with Crippen molar-refractivity contribution in [3.8, 4) is 5.69 Å². The van der Waals surface area contributed by atoms with Crippen LogP contribution >= 0.6 is 11.6 Å². The molecule has 1 heterocycles. The Labute approximate surface area is 144 Å². The number of hydrogen-bond donors (Lipinski definition) is 1. The number of aromatic nitrogens is 4. The quantitative estimate of drug-likeness (QED) is 0.912. The summed E-state index contributed by atoms with van der Waals surface area (Å²) >= 11 is 6.07. The molecule has 3 rings (SSSR count). The van der Waals surface area contributed by atoms with E-state index in [0.717, 1.165) is 28.6 Å². The lowest BCUT2D eigenvalue weighted by Crippen LogP contribution is -2.43. The highest BCUT2D eigenvalue weighted by Crippen LogP contribution is 2.23. The summed E-state index contributed by atoms with van der Waals surface area (Å²) in [5, 5.41) is 11.0. The van der Waals surface area contributed by atoms with Crippen molar-refractivity contribution in [2.24, 2.45) is 5.92 Å². The maximum absolute atomic E-state index is 12.4. The molecule has 128 valence electrons. The topological polar surface area (TPSA) is 81.8 Å². The Morgan fingerprint density at radius 3 is 2.79 bits per heavy atom. The lowest BCUT2D eigenvalue weighted by atomic mass is 9.86. The summed E-state index contributed by atoms with van der Waals surface area (Å²) in [6, 6.07) is 7.02. The van der Waals surface area contributed by atoms with Gasteiger partial charge in [0.15, 0.2) is 0 Å². The minimum Gasteiger partial charge on any atom is -0.351 e. The Balaban J connectivity index is 1.71. The zero-order valence-corrected chi connectivity index (χ0v) is 14.2. The second-order valence-electron chi connectivity index (χ2n) is 6.22. The number of carbonyl (C=O) groups excluding carboxylic acids is 1. The molecule has 0 unspecified atom stereocenters. The molecular weight excluding hydrogens is 330 g/mol. The summed E-state index contributed by atoms with van der Waals surface area (Å²) in [5.41, 5.74) is -0.0494. The van der Waals surface area contributed by atoms with Crippen LogP contribution in [-0.4, -0.2) is 31.7 Å². The van der Waals surface area contributed by atoms with Crippen LogP contribution in [0.2, 0.25) is 5.02 Å². The zero-order valence-electron chi connectivity index (χ0n) is 13.5. The third-order valence-electron chi connectivity index (χ3n) is 4.47. The van der Waals surface area contributed by atoms with Crippen molar-refractivity contribution in [3.63, 3.8) is 0 Å². The summed E-state index contributed by atoms with van der Waals surface area (Å²) < 4.78 is 2.14. The van der Waals surface area contributed by atoms with Gasteiger partial charge in [-0.3, -0.25) is 4.79 Å². The van der Waals surface area contributed by atoms with E-state index in [1.165, 1.54) is 6.42 Å². The molecule has 0 spiro atoms. The van der Waals surface area contributed by atoms with Crippen LogP contribution in [0.15, 0.2) is 29.1 Å². The van der Waals surface area contributed by atoms with Gasteiger partial charge in [-0.25, -0.2) is 4.79 Å². The monoisotopic (exact) mass is 349 g/mol. The van der Waals surface area contributed by atoms with Crippen molar-refractivity contribution in [1.82, 2.24) is 25.1 Å². The lowest BCUT2D eigenvalue weighted by Gasteiger charge is -2.29. The summed E-state index contributed by atoms with van der Waals surface area (Å²) in [4.78, 5) is 24.6. The molecule has 24 heavy (non-hydrogen) atoms. The van der Waals surface area contributed by atoms with Gasteiger partial charge in [0.05, 0.1) is 10.7 Å². The van der Waals surface area contributed by atoms with Gasteiger partial charge in [-0.2, -0.15) is 9.36 Å². The first kappa shape index (κ1) is 16.7. The van der Waals surface area contributed by atoms with Gasteiger partial charge in [-0.15, -0.1) is 0 Å². The molecule has 1 aliphatic rings. The van der Waals surface area contributed by atoms with Crippen molar-refractivity contribution in [2.45, 2.75) is 45.2 Å². The van der Waals surface area contributed by atoms with Crippen molar-refractivity contribution in [3.05, 3.63) is 39.8 Å². The molecule has 0 aliphatic heterocycles. The fourth-order valence-electron chi connectivity index (χ4n) is 3.07. The molecule has 1 fully saturated rings. The lowest BCUT2D eigenvalue weighted by molar-refractivity contribution is -0.123. The fourth-order valence-corrected chi connectivity index (χ4v) is 3.28. The van der Waals surface area contributed by atoms with E-state index in [2.05, 4.69) is 22.7 Å². The predicted octanol–water partition coefficient (Wildman–Crippen LogP) is 1.78. The minimum atomic E-state index is -0.491. The van der Waals surface area contributed by atoms with Gasteiger partial charge in [0.2, 0.25) is 5.91 Å². The molecule has 0 saturated heterocycles. The van der Waals surface area contributed by atoms with E-state index in [4.69, 9.17) is 11.6 Å². The molecule has 1 aromatic heterocycles. The van der Waals surface area contributed by atoms with Gasteiger partial charge >= 0.3 is 5.69 Å². The van der Waals surface area contributed by atoms with Gasteiger partial charge in [0.25, 0.3) is 0 Å². The van der Waals surface area contributed by atoms with Crippen LogP contribution in [-0.2, 0) is 11.3 Å². The van der Waals surface area contributed by atoms with Crippen LogP contribution in [0.5, 0.6) is 0 Å². The van der Waals surface area contributed by atoms with Crippen LogP contribution < -0.4 is 11.0 Å². The van der Waals surface area contributed by atoms with E-state index in [0.29, 0.717) is 16.6 Å². The second kappa shape index (κ2) is 7.17. The first-order valence-corrected chi connectivity index (χ1v) is 8.51. The number of nitrogens with one attached hydrogen (secondary N) is 1. The summed E-state index contributed by atoms with van der Waals surface area (Å²) in [5.74, 6) is 0.236. The van der Waals surface area contributed by atoms with Crippen molar-refractivity contribution in [1.29, 1.82) is 0 Å². The number of rotatable bonds is 4. The molecule has 0 bridgehead atoms. The normalized spacial score (nSPS) is 20.8. The Bertz CT molecular complexity index is 785. The van der Waals surface area contributed by atoms with E-state index in [1.54, 1.807) is 24.3 Å². The maximum atomic E-state index is 12.4. The highest BCUT2D eigenvalue weighted by molar-refractivity contribution is 6.32. The number of para-hydroxylation sites is 1. The number of tetrazole rings is 1. The van der Waals surface area contributed by atoms with E-state index >= 15 is 0 Å². The van der Waals surface area contributed by atoms with Gasteiger partial charge in [0, 0.05) is 6.04 Å². The number of halogens is 1. The molecule has 2 aromatic rings. The SMILES string of the molecule is C[C@H]1CCCC[C@@H]1NC(=O)Cn1nnn(-c2ccccc2Cl)c1=O. The number of carbonyl (C=O) groups is 1. The zero-order chi connectivity index (χ0) is 17.1. The average Bonchev–Trinajstić information content (AvgIpc) is 2.91. The van der Waals surface area contributed by atoms with E-state index in [9.17, 15) is 9.59 Å². The van der Waals surface area contributed by atoms with Crippen LogP contribution in [0.1, 0.15) is 32.6 Å². The van der Waals surface area contributed by atoms with Crippen molar-refractivity contribution in [2.75, 3.05) is 0 Å². The van der Waals surface area contributed by atoms with Crippen LogP contribution in [0, 0.1) is 5.92 Å². The summed E-state index contributed by atoms with van der Waals surface area (Å²) in [6.07, 6.45) is 4.43. The van der Waals surface area contributed by atoms with Crippen LogP contribution in [0.3, 0.4) is 0 Å². The van der Waals surface area contributed by atoms with Crippen LogP contribution in [0.4, 0.5) is 0 Å². The Hall–Kier alpha value is -2.15. The molecule has 1 N–H and O–H groups in total. The summed E-state index contributed by atoms with van der Waals surface area (Å²) in [6.45, 7) is 2.00. The Kier molecular flexibility index (Phi) is 4.99. The minimum absolute atomic E-state index is 0.146. The molecule has 7 nitrogen and oxygen atoms in total. The molecule has 1 saturated carbocycles. The molecular formula is C16H20ClN5O2. The molecule has 0 radical (unpaired) electrons. The highest BCUT2D eigenvalue weighted by atomic mass is 35.5. The third-order valence-corrected chi connectivity index (χ3v) is 4.79. The van der Waals surface area contributed by atoms with Crippen molar-refractivity contribution < 1.29 is 4.79 Å². The van der Waals surface area contributed by atoms with Gasteiger partial charge in [0.1, 0.15) is 6.54 Å². The molecule has 8 heteroatoms. The largest absolute Gasteiger partial charge is 0.369 e. The molecule has 1 aromatic carbocycles. The standard InChI is InChI=1S/C16H20ClN5O2/c1-11-6-2-4-8-13(11)18-15(23)10-21-16(24)22(20-19-21)14-9-5-3-7-12(14)17/h3,5,7,9,11,13H,2,4,6,8,10H2,1H3,(H,18,23)/t11-,13-/m0/s1. The highest BCUT2D eigenvalue weighted by Gasteiger charge is 2.23. The average molecular weight is 350 g/mol. The molecule has 1 amide bonds. The Morgan fingerprint density at radius 1 is 1.29 bits per heavy atom. The van der Waals surface area contributed by atoms with Gasteiger partial charge in [-0.05, 0) is 41.3 Å². The van der Waals surface area contributed by atoms with E-state index in [1.807, 2.05) is 0 Å². The number of hydrogen-bond acceptors (Lipinski definition) is 4. The first-order chi connectivity index (χ1) is 11.6. The molecule has 2 atom stereocenters. The first-order valence-electron chi connectivity index (χ1n) is 8.13. The van der Waals surface area contributed by atoms with E-state index < -0.39 is 5.69 Å². The van der Waals surface area contributed by atoms with Crippen LogP contribution in [0.25, 0.3) is 5.69 Å². The van der Waals surface area contributed by atoms with E-state index in [-0.39, 0.29) is 18.5 Å². The molecule has 1 aliphatic carbocycles. The van der Waals surface area contributed by atoms with Crippen molar-refractivity contribution >= 4 is 17.5 Å². The smallest absolute Gasteiger partial charge is 0.351 e. The predicted molar refractivity (Wildman–Crippen MR) is 90.2 cm³/mol. The number of nitrogens with zero attached hydrogens (tertiary/aromatic N) is 4. The van der Waals surface area contributed by atoms with Gasteiger partial charge < -0.3 is 5.32 Å².